The number of nitrogens with one attached hydrogen (secondary N) is 1. The van der Waals surface area contributed by atoms with Gasteiger partial charge in [0.2, 0.25) is 5.91 Å². The zero-order chi connectivity index (χ0) is 38.5. The summed E-state index contributed by atoms with van der Waals surface area (Å²) < 4.78 is 12.0. The van der Waals surface area contributed by atoms with Crippen molar-refractivity contribution in [2.24, 2.45) is 40.9 Å². The lowest BCUT2D eigenvalue weighted by Crippen LogP contribution is -3.11. The lowest BCUT2D eigenvalue weighted by molar-refractivity contribution is -0.592. The fraction of sp³-hybridized carbons (Fsp3) is 0.977. The first kappa shape index (κ1) is 43.5. The number of unbranched alkanes of at least 4 members (excludes halogenated alkanes) is 18. The number of amides is 1. The Balaban J connectivity index is 0.831. The van der Waals surface area contributed by atoms with Crippen molar-refractivity contribution in [2.75, 3.05) is 13.2 Å². The molecule has 1 aliphatic heterocycles. The molecule has 0 spiro atoms. The Labute approximate surface area is 338 Å². The summed E-state index contributed by atoms with van der Waals surface area (Å²) in [6, 6.07) is -0.979. The first-order chi connectivity index (χ1) is 26.1. The zero-order valence-corrected chi connectivity index (χ0v) is 35.2. The predicted molar refractivity (Wildman–Crippen MR) is 216 cm³/mol. The standard InChI is InChI=1S/C43H74INO9/c1-2-3-4-5-6-7-8-9-10-13-16-19-22-28(47)37(49)27(26-53-41-40(52)39(51)38(50)29(25-46)54-41)45-30(48)23-20-17-14-11-12-15-18-21-24-42-31-34-32(42)36-33(42)35(31)43(34,36)44/h27-29,31-41,46-47,49-52H,2-26H2,1H3,(H,45,48)/t27-,28+,29?,31?,32?,33?,34?,35?,36?,37-,38?,39?,40?,41?,42?,43?/m0/s1. The summed E-state index contributed by atoms with van der Waals surface area (Å²) in [6.07, 6.45) is 16.2. The van der Waals surface area contributed by atoms with Crippen LogP contribution in [0.25, 0.3) is 0 Å². The maximum absolute atomic E-state index is 13.0. The lowest BCUT2D eigenvalue weighted by Gasteiger charge is -3.11. The molecule has 5 unspecified atom stereocenters. The van der Waals surface area contributed by atoms with Gasteiger partial charge in [0, 0.05) is 9.84 Å². The number of carbonyl (C=O) groups is 1. The van der Waals surface area contributed by atoms with Gasteiger partial charge in [-0.05, 0) is 60.2 Å². The van der Waals surface area contributed by atoms with Crippen molar-refractivity contribution in [3.63, 3.8) is 0 Å². The zero-order valence-electron chi connectivity index (χ0n) is 33.0. The maximum atomic E-state index is 13.0. The molecule has 1 heterocycles. The summed E-state index contributed by atoms with van der Waals surface area (Å²) in [4.78, 5) is 13.0. The highest BCUT2D eigenvalue weighted by molar-refractivity contribution is 14.1. The van der Waals surface area contributed by atoms with Gasteiger partial charge in [-0.3, -0.25) is 4.79 Å². The van der Waals surface area contributed by atoms with Gasteiger partial charge in [-0.25, -0.2) is 0 Å². The number of hydrogen-bond acceptors (Lipinski definition) is 9. The van der Waals surface area contributed by atoms with E-state index in [-0.39, 0.29) is 12.5 Å². The first-order valence-electron chi connectivity index (χ1n) is 22.4. The van der Waals surface area contributed by atoms with E-state index in [1.807, 2.05) is 0 Å². The number of ether oxygens (including phenoxy) is 2. The highest BCUT2D eigenvalue weighted by Crippen LogP contribution is 3.09. The SMILES string of the molecule is CCCCCCCCCCCCCC[C@@H](O)[C@@H](O)[C@H](COC1OC(CO)C(O)C(O)C1O)NC(=O)CCCCCCCCCCC12C3C4C1C1C2C3C41I. The Morgan fingerprint density at radius 1 is 0.704 bits per heavy atom. The van der Waals surface area contributed by atoms with Crippen LogP contribution in [0.15, 0.2) is 0 Å². The van der Waals surface area contributed by atoms with Crippen molar-refractivity contribution in [1.29, 1.82) is 0 Å². The fourth-order valence-electron chi connectivity index (χ4n) is 12.4. The molecule has 11 heteroatoms. The van der Waals surface area contributed by atoms with E-state index in [9.17, 15) is 35.4 Å². The van der Waals surface area contributed by atoms with Crippen LogP contribution in [-0.2, 0) is 14.3 Å². The average Bonchev–Trinajstić information content (AvgIpc) is 3.17. The minimum Gasteiger partial charge on any atom is -0.394 e. The summed E-state index contributed by atoms with van der Waals surface area (Å²) in [5.41, 5.74) is 0.832. The fourth-order valence-corrected chi connectivity index (χ4v) is 14.8. The number of aliphatic hydroxyl groups is 6. The van der Waals surface area contributed by atoms with Crippen LogP contribution in [0.5, 0.6) is 0 Å². The quantitative estimate of drug-likeness (QED) is 0.0254. The highest BCUT2D eigenvalue weighted by atomic mass is 127. The number of halogens is 1. The van der Waals surface area contributed by atoms with Gasteiger partial charge in [-0.1, -0.05) is 152 Å². The third-order valence-electron chi connectivity index (χ3n) is 15.3. The molecule has 6 saturated carbocycles. The molecule has 0 aromatic rings. The molecule has 7 fully saturated rings. The molecule has 7 aliphatic rings. The Morgan fingerprint density at radius 3 is 1.74 bits per heavy atom. The number of aliphatic hydroxyl groups excluding tert-OH is 6. The van der Waals surface area contributed by atoms with Gasteiger partial charge in [0.25, 0.3) is 0 Å². The molecular formula is C43H74INO9. The van der Waals surface area contributed by atoms with Gasteiger partial charge in [-0.2, -0.15) is 0 Å². The van der Waals surface area contributed by atoms with Crippen molar-refractivity contribution < 1.29 is 44.9 Å². The molecule has 6 aliphatic carbocycles. The minimum atomic E-state index is -1.60. The second-order valence-electron chi connectivity index (χ2n) is 18.4. The summed E-state index contributed by atoms with van der Waals surface area (Å²) in [7, 11) is 0. The smallest absolute Gasteiger partial charge is 0.220 e. The molecule has 1 saturated heterocycles. The second-order valence-corrected chi connectivity index (χ2v) is 20.2. The molecule has 8 atom stereocenters. The third-order valence-corrected chi connectivity index (χ3v) is 17.4. The predicted octanol–water partition coefficient (Wildman–Crippen LogP) is 5.93. The second kappa shape index (κ2) is 19.8. The van der Waals surface area contributed by atoms with Gasteiger partial charge in [0.05, 0.1) is 25.4 Å². The van der Waals surface area contributed by atoms with Crippen molar-refractivity contribution in [1.82, 2.24) is 5.32 Å². The molecule has 10 nitrogen and oxygen atoms in total. The highest BCUT2D eigenvalue weighted by Gasteiger charge is 3.08. The Morgan fingerprint density at radius 2 is 1.20 bits per heavy atom. The topological polar surface area (TPSA) is 169 Å². The molecule has 312 valence electrons. The van der Waals surface area contributed by atoms with Gasteiger partial charge in [0.1, 0.15) is 30.5 Å². The summed E-state index contributed by atoms with van der Waals surface area (Å²) >= 11 is 2.82. The number of carbonyl (C=O) groups excluding carboxylic acids is 1. The molecule has 0 radical (unpaired) electrons. The normalized spacial score (nSPS) is 39.3. The van der Waals surface area contributed by atoms with Crippen molar-refractivity contribution >= 4 is 28.5 Å². The van der Waals surface area contributed by atoms with Crippen molar-refractivity contribution in [3.05, 3.63) is 0 Å². The van der Waals surface area contributed by atoms with Crippen LogP contribution in [0.2, 0.25) is 0 Å². The van der Waals surface area contributed by atoms with Gasteiger partial charge in [-0.15, -0.1) is 0 Å². The van der Waals surface area contributed by atoms with Gasteiger partial charge in [0.15, 0.2) is 6.29 Å². The van der Waals surface area contributed by atoms with Crippen LogP contribution >= 0.6 is 22.6 Å². The summed E-state index contributed by atoms with van der Waals surface area (Å²) in [5.74, 6) is 6.53. The van der Waals surface area contributed by atoms with E-state index >= 15 is 0 Å². The third kappa shape index (κ3) is 8.34. The number of hydrogen-bond donors (Lipinski definition) is 7. The van der Waals surface area contributed by atoms with E-state index in [0.717, 1.165) is 82.9 Å². The summed E-state index contributed by atoms with van der Waals surface area (Å²) in [6.45, 7) is 1.35. The molecular weight excluding hydrogens is 801 g/mol. The first-order valence-corrected chi connectivity index (χ1v) is 23.5. The Bertz CT molecular complexity index is 1120. The van der Waals surface area contributed by atoms with Crippen LogP contribution in [0.1, 0.15) is 155 Å². The Hall–Kier alpha value is -0.120. The van der Waals surface area contributed by atoms with Crippen LogP contribution in [0, 0.1) is 40.9 Å². The number of rotatable bonds is 31. The minimum absolute atomic E-state index is 0.246. The average molecular weight is 876 g/mol. The van der Waals surface area contributed by atoms with Crippen molar-refractivity contribution in [2.45, 2.75) is 207 Å². The molecule has 54 heavy (non-hydrogen) atoms. The Kier molecular flexibility index (Phi) is 15.9. The lowest BCUT2D eigenvalue weighted by atomic mass is 8.96. The maximum Gasteiger partial charge on any atom is 0.220 e. The molecule has 7 rings (SSSR count). The monoisotopic (exact) mass is 875 g/mol. The van der Waals surface area contributed by atoms with E-state index in [0.29, 0.717) is 12.8 Å². The summed E-state index contributed by atoms with van der Waals surface area (Å²) in [5, 5.41) is 65.2. The van der Waals surface area contributed by atoms with E-state index in [1.165, 1.54) is 96.3 Å². The van der Waals surface area contributed by atoms with Crippen LogP contribution in [0.3, 0.4) is 0 Å². The van der Waals surface area contributed by atoms with E-state index in [1.54, 1.807) is 0 Å². The molecule has 0 bridgehead atoms. The molecule has 7 N–H and O–H groups in total. The van der Waals surface area contributed by atoms with Crippen LogP contribution < -0.4 is 5.32 Å². The van der Waals surface area contributed by atoms with E-state index in [2.05, 4.69) is 34.8 Å². The van der Waals surface area contributed by atoms with Crippen LogP contribution in [-0.4, -0.2) is 102 Å². The van der Waals surface area contributed by atoms with E-state index in [4.69, 9.17) is 9.47 Å². The molecule has 1 amide bonds. The van der Waals surface area contributed by atoms with Crippen LogP contribution in [0.4, 0.5) is 0 Å². The molecule has 0 aromatic heterocycles. The van der Waals surface area contributed by atoms with Crippen molar-refractivity contribution in [3.8, 4) is 0 Å². The van der Waals surface area contributed by atoms with E-state index < -0.39 is 55.6 Å². The largest absolute Gasteiger partial charge is 0.394 e. The van der Waals surface area contributed by atoms with Gasteiger partial charge >= 0.3 is 0 Å². The molecule has 0 aromatic carbocycles. The number of alkyl halides is 1. The van der Waals surface area contributed by atoms with Gasteiger partial charge < -0.3 is 45.4 Å².